The molecule has 0 aliphatic carbocycles. The van der Waals surface area contributed by atoms with Gasteiger partial charge in [0.15, 0.2) is 5.78 Å². The van der Waals surface area contributed by atoms with Crippen molar-refractivity contribution in [2.75, 3.05) is 6.61 Å². The van der Waals surface area contributed by atoms with Crippen molar-refractivity contribution < 1.29 is 24.2 Å². The highest BCUT2D eigenvalue weighted by Gasteiger charge is 2.66. The zero-order chi connectivity index (χ0) is 19.1. The number of thioether (sulfide) groups is 1. The first-order chi connectivity index (χ1) is 12.3. The van der Waals surface area contributed by atoms with E-state index in [4.69, 9.17) is 4.74 Å². The summed E-state index contributed by atoms with van der Waals surface area (Å²) in [7, 11) is 0. The Balaban J connectivity index is 1.79. The topological polar surface area (TPSA) is 83.9 Å². The van der Waals surface area contributed by atoms with E-state index in [-0.39, 0.29) is 6.61 Å². The first kappa shape index (κ1) is 18.7. The van der Waals surface area contributed by atoms with Crippen LogP contribution in [0.4, 0.5) is 0 Å². The zero-order valence-corrected chi connectivity index (χ0v) is 15.4. The Morgan fingerprint density at radius 3 is 2.65 bits per heavy atom. The molecule has 26 heavy (non-hydrogen) atoms. The number of aliphatic hydroxyl groups excluding tert-OH is 1. The first-order valence-electron chi connectivity index (χ1n) is 8.34. The molecule has 1 aromatic carbocycles. The predicted octanol–water partition coefficient (Wildman–Crippen LogP) is 1.64. The van der Waals surface area contributed by atoms with Gasteiger partial charge in [-0.2, -0.15) is 0 Å². The number of hydrogen-bond acceptors (Lipinski definition) is 6. The maximum atomic E-state index is 12.7. The Kier molecular flexibility index (Phi) is 4.94. The molecule has 1 amide bonds. The normalized spacial score (nSPS) is 27.3. The van der Waals surface area contributed by atoms with Crippen LogP contribution < -0.4 is 0 Å². The highest BCUT2D eigenvalue weighted by molar-refractivity contribution is 8.01. The quantitative estimate of drug-likeness (QED) is 0.352. The lowest BCUT2D eigenvalue weighted by atomic mass is 9.85. The summed E-state index contributed by atoms with van der Waals surface area (Å²) in [6.45, 7) is 7.28. The SMILES string of the molecule is C=CCOC(=O)[C@@H]1N2C(=O)[C@@H]([C@@H](O)C(=O)c3ccccc3)[C@H]2SC1(C)C. The fourth-order valence-corrected chi connectivity index (χ4v) is 5.18. The molecule has 0 aromatic heterocycles. The van der Waals surface area contributed by atoms with Crippen LogP contribution in [0.25, 0.3) is 0 Å². The summed E-state index contributed by atoms with van der Waals surface area (Å²) >= 11 is 1.41. The van der Waals surface area contributed by atoms with Crippen LogP contribution in [0.2, 0.25) is 0 Å². The molecule has 2 heterocycles. The smallest absolute Gasteiger partial charge is 0.330 e. The number of fused-ring (bicyclic) bond motifs is 1. The van der Waals surface area contributed by atoms with Crippen molar-refractivity contribution in [3.63, 3.8) is 0 Å². The van der Waals surface area contributed by atoms with Crippen molar-refractivity contribution in [2.45, 2.75) is 36.1 Å². The molecule has 1 N–H and O–H groups in total. The fraction of sp³-hybridized carbons (Fsp3) is 0.421. The number of rotatable bonds is 6. The highest BCUT2D eigenvalue weighted by Crippen LogP contribution is 2.54. The molecule has 0 saturated carbocycles. The van der Waals surface area contributed by atoms with Crippen molar-refractivity contribution >= 4 is 29.4 Å². The summed E-state index contributed by atoms with van der Waals surface area (Å²) < 4.78 is 4.55. The van der Waals surface area contributed by atoms with Gasteiger partial charge in [0.1, 0.15) is 24.7 Å². The fourth-order valence-electron chi connectivity index (χ4n) is 3.47. The van der Waals surface area contributed by atoms with E-state index in [2.05, 4.69) is 6.58 Å². The van der Waals surface area contributed by atoms with Crippen molar-refractivity contribution in [1.82, 2.24) is 4.90 Å². The van der Waals surface area contributed by atoms with Crippen LogP contribution in [0.5, 0.6) is 0 Å². The van der Waals surface area contributed by atoms with Crippen LogP contribution in [0, 0.1) is 5.92 Å². The van der Waals surface area contributed by atoms with E-state index in [1.54, 1.807) is 30.3 Å². The van der Waals surface area contributed by atoms with Crippen LogP contribution >= 0.6 is 11.8 Å². The monoisotopic (exact) mass is 375 g/mol. The second kappa shape index (κ2) is 6.89. The second-order valence-electron chi connectivity index (χ2n) is 6.88. The average Bonchev–Trinajstić information content (AvgIpc) is 2.87. The molecule has 1 aromatic rings. The lowest BCUT2D eigenvalue weighted by molar-refractivity contribution is -0.169. The number of Topliss-reactive ketones (excluding diaryl/α,β-unsaturated/α-hetero) is 1. The second-order valence-corrected chi connectivity index (χ2v) is 8.65. The largest absolute Gasteiger partial charge is 0.460 e. The number of benzene rings is 1. The Morgan fingerprint density at radius 1 is 1.38 bits per heavy atom. The predicted molar refractivity (Wildman–Crippen MR) is 97.5 cm³/mol. The number of carbonyl (C=O) groups is 3. The third kappa shape index (κ3) is 2.95. The van der Waals surface area contributed by atoms with Gasteiger partial charge < -0.3 is 14.7 Å². The van der Waals surface area contributed by atoms with Crippen LogP contribution in [-0.4, -0.2) is 56.5 Å². The molecule has 3 rings (SSSR count). The Bertz CT molecular complexity index is 748. The van der Waals surface area contributed by atoms with Gasteiger partial charge in [-0.25, -0.2) is 4.79 Å². The van der Waals surface area contributed by atoms with Gasteiger partial charge in [0.05, 0.1) is 5.37 Å². The number of β-lactam (4-membered cyclic amide) rings is 1. The Morgan fingerprint density at radius 2 is 2.04 bits per heavy atom. The van der Waals surface area contributed by atoms with Gasteiger partial charge in [0.2, 0.25) is 5.91 Å². The number of esters is 1. The maximum absolute atomic E-state index is 12.7. The molecular weight excluding hydrogens is 354 g/mol. The molecule has 0 spiro atoms. The molecule has 138 valence electrons. The number of nitrogens with zero attached hydrogens (tertiary/aromatic N) is 1. The summed E-state index contributed by atoms with van der Waals surface area (Å²) in [5.74, 6) is -2.24. The van der Waals surface area contributed by atoms with Gasteiger partial charge in [-0.05, 0) is 13.8 Å². The lowest BCUT2D eigenvalue weighted by Gasteiger charge is -2.45. The van der Waals surface area contributed by atoms with Gasteiger partial charge in [-0.1, -0.05) is 43.0 Å². The average molecular weight is 375 g/mol. The minimum absolute atomic E-state index is 0.0708. The summed E-state index contributed by atoms with van der Waals surface area (Å²) in [6, 6.07) is 7.64. The number of hydrogen-bond donors (Lipinski definition) is 1. The molecule has 6 nitrogen and oxygen atoms in total. The molecule has 2 saturated heterocycles. The minimum atomic E-state index is -1.43. The summed E-state index contributed by atoms with van der Waals surface area (Å²) in [4.78, 5) is 39.0. The van der Waals surface area contributed by atoms with Crippen molar-refractivity contribution in [2.24, 2.45) is 5.92 Å². The third-order valence-electron chi connectivity index (χ3n) is 4.72. The number of carbonyl (C=O) groups excluding carboxylic acids is 3. The number of aliphatic hydroxyl groups is 1. The molecule has 7 heteroatoms. The van der Waals surface area contributed by atoms with E-state index in [0.29, 0.717) is 5.56 Å². The molecule has 0 radical (unpaired) electrons. The number of amides is 1. The molecule has 2 fully saturated rings. The van der Waals surface area contributed by atoms with E-state index >= 15 is 0 Å². The van der Waals surface area contributed by atoms with Crippen LogP contribution in [0.15, 0.2) is 43.0 Å². The van der Waals surface area contributed by atoms with Gasteiger partial charge in [0, 0.05) is 10.3 Å². The van der Waals surface area contributed by atoms with Crippen LogP contribution in [0.1, 0.15) is 24.2 Å². The number of ketones is 1. The molecule has 4 atom stereocenters. The standard InChI is InChI=1S/C19H21NO5S/c1-4-10-25-18(24)15-19(2,3)26-17-12(16(23)20(15)17)14(22)13(21)11-8-6-5-7-9-11/h4-9,12,14-15,17,22H,1,10H2,2-3H3/t12-,14-,15+,17-/m1/s1. The molecule has 2 aliphatic rings. The van der Waals surface area contributed by atoms with Crippen LogP contribution in [0.3, 0.4) is 0 Å². The third-order valence-corrected chi connectivity index (χ3v) is 6.31. The van der Waals surface area contributed by atoms with Gasteiger partial charge in [-0.15, -0.1) is 11.8 Å². The van der Waals surface area contributed by atoms with Crippen molar-refractivity contribution in [3.05, 3.63) is 48.6 Å². The summed E-state index contributed by atoms with van der Waals surface area (Å²) in [5, 5.41) is 10.1. The van der Waals surface area contributed by atoms with Crippen molar-refractivity contribution in [3.8, 4) is 0 Å². The minimum Gasteiger partial charge on any atom is -0.460 e. The first-order valence-corrected chi connectivity index (χ1v) is 9.22. The molecule has 2 aliphatic heterocycles. The van der Waals surface area contributed by atoms with E-state index in [9.17, 15) is 19.5 Å². The molecule has 0 bridgehead atoms. The Hall–Kier alpha value is -2.12. The van der Waals surface area contributed by atoms with E-state index in [1.165, 1.54) is 22.7 Å². The highest BCUT2D eigenvalue weighted by atomic mass is 32.2. The van der Waals surface area contributed by atoms with E-state index in [1.807, 2.05) is 13.8 Å². The van der Waals surface area contributed by atoms with Crippen LogP contribution in [-0.2, 0) is 14.3 Å². The summed E-state index contributed by atoms with van der Waals surface area (Å²) in [6.07, 6.45) is 0.0328. The van der Waals surface area contributed by atoms with Gasteiger partial charge in [-0.3, -0.25) is 9.59 Å². The van der Waals surface area contributed by atoms with E-state index < -0.39 is 45.8 Å². The van der Waals surface area contributed by atoms with Gasteiger partial charge >= 0.3 is 5.97 Å². The lowest BCUT2D eigenvalue weighted by Crippen LogP contribution is -2.66. The molecule has 0 unspecified atom stereocenters. The number of ether oxygens (including phenoxy) is 1. The Labute approximate surface area is 156 Å². The maximum Gasteiger partial charge on any atom is 0.330 e. The van der Waals surface area contributed by atoms with E-state index in [0.717, 1.165) is 0 Å². The van der Waals surface area contributed by atoms with Gasteiger partial charge in [0.25, 0.3) is 0 Å². The molecular formula is C19H21NO5S. The van der Waals surface area contributed by atoms with Crippen molar-refractivity contribution in [1.29, 1.82) is 0 Å². The zero-order valence-electron chi connectivity index (χ0n) is 14.6. The summed E-state index contributed by atoms with van der Waals surface area (Å²) in [5.41, 5.74) is 0.357.